The van der Waals surface area contributed by atoms with Crippen molar-refractivity contribution in [2.75, 3.05) is 31.9 Å². The van der Waals surface area contributed by atoms with Crippen LogP contribution in [-0.4, -0.2) is 51.3 Å². The summed E-state index contributed by atoms with van der Waals surface area (Å²) in [6, 6.07) is 7.75. The smallest absolute Gasteiger partial charge is 0.179 e. The number of sulfone groups is 1. The molecule has 0 aliphatic carbocycles. The Kier molecular flexibility index (Phi) is 7.08. The van der Waals surface area contributed by atoms with Gasteiger partial charge in [0.25, 0.3) is 0 Å². The van der Waals surface area contributed by atoms with Crippen LogP contribution >= 0.6 is 12.4 Å². The Hall–Kier alpha value is -0.620. The summed E-state index contributed by atoms with van der Waals surface area (Å²) in [5.41, 5.74) is 1.19. The molecular formula is C17H29ClN2O2S. The zero-order chi connectivity index (χ0) is 16.4. The van der Waals surface area contributed by atoms with E-state index in [0.29, 0.717) is 17.5 Å². The molecule has 1 aromatic rings. The highest BCUT2D eigenvalue weighted by Gasteiger charge is 2.22. The second kappa shape index (κ2) is 7.97. The Morgan fingerprint density at radius 2 is 1.83 bits per heavy atom. The van der Waals surface area contributed by atoms with E-state index in [1.807, 2.05) is 12.1 Å². The average molecular weight is 361 g/mol. The van der Waals surface area contributed by atoms with Gasteiger partial charge in [-0.2, -0.15) is 0 Å². The predicted molar refractivity (Wildman–Crippen MR) is 98.3 cm³/mol. The Bertz CT molecular complexity index is 594. The van der Waals surface area contributed by atoms with E-state index in [0.717, 1.165) is 25.2 Å². The van der Waals surface area contributed by atoms with E-state index < -0.39 is 9.84 Å². The van der Waals surface area contributed by atoms with Gasteiger partial charge < -0.3 is 5.32 Å². The van der Waals surface area contributed by atoms with Crippen LogP contribution in [0.25, 0.3) is 0 Å². The van der Waals surface area contributed by atoms with Gasteiger partial charge in [-0.1, -0.05) is 32.9 Å². The number of hydrogen-bond acceptors (Lipinski definition) is 4. The van der Waals surface area contributed by atoms with Crippen LogP contribution in [0.1, 0.15) is 33.3 Å². The van der Waals surface area contributed by atoms with Gasteiger partial charge in [-0.25, -0.2) is 8.42 Å². The Morgan fingerprint density at radius 1 is 1.22 bits per heavy atom. The second-order valence-electron chi connectivity index (χ2n) is 7.18. The summed E-state index contributed by atoms with van der Waals surface area (Å²) in [4.78, 5) is 2.68. The van der Waals surface area contributed by atoms with Crippen LogP contribution in [0.2, 0.25) is 0 Å². The molecule has 6 heteroatoms. The summed E-state index contributed by atoms with van der Waals surface area (Å²) in [6.45, 7) is 11.9. The molecule has 0 unspecified atom stereocenters. The Balaban J connectivity index is 0.00000264. The highest BCUT2D eigenvalue weighted by molar-refractivity contribution is 7.91. The van der Waals surface area contributed by atoms with Crippen molar-refractivity contribution in [2.45, 2.75) is 44.0 Å². The standard InChI is InChI=1S/C17H28N2O2S.ClH/c1-14-13-18-9-10-19(14)11-12-22(20,21)16-7-5-15(6-8-16)17(2,3)4;/h5-8,14,18H,9-13H2,1-4H3;1H/t14-;/m1./s1. The summed E-state index contributed by atoms with van der Waals surface area (Å²) in [5, 5.41) is 3.32. The summed E-state index contributed by atoms with van der Waals surface area (Å²) in [7, 11) is -3.21. The van der Waals surface area contributed by atoms with E-state index in [1.165, 1.54) is 0 Å². The third-order valence-corrected chi connectivity index (χ3v) is 6.08. The Labute approximate surface area is 147 Å². The van der Waals surface area contributed by atoms with Crippen LogP contribution in [0, 0.1) is 0 Å². The fourth-order valence-electron chi connectivity index (χ4n) is 2.73. The number of nitrogens with one attached hydrogen (secondary N) is 1. The van der Waals surface area contributed by atoms with Gasteiger partial charge in [-0.05, 0) is 30.0 Å². The van der Waals surface area contributed by atoms with Crippen LogP contribution in [-0.2, 0) is 15.3 Å². The minimum atomic E-state index is -3.21. The molecule has 0 saturated carbocycles. The normalized spacial score (nSPS) is 20.1. The number of hydrogen-bond donors (Lipinski definition) is 1. The minimum Gasteiger partial charge on any atom is -0.314 e. The van der Waals surface area contributed by atoms with Gasteiger partial charge in [0.15, 0.2) is 9.84 Å². The van der Waals surface area contributed by atoms with Crippen molar-refractivity contribution in [1.82, 2.24) is 10.2 Å². The minimum absolute atomic E-state index is 0. The van der Waals surface area contributed by atoms with Gasteiger partial charge in [0.2, 0.25) is 0 Å². The van der Waals surface area contributed by atoms with Crippen LogP contribution in [0.15, 0.2) is 29.2 Å². The molecule has 1 atom stereocenters. The van der Waals surface area contributed by atoms with E-state index in [9.17, 15) is 8.42 Å². The van der Waals surface area contributed by atoms with Crippen LogP contribution in [0.5, 0.6) is 0 Å². The van der Waals surface area contributed by atoms with Crippen molar-refractivity contribution in [3.63, 3.8) is 0 Å². The quantitative estimate of drug-likeness (QED) is 0.896. The zero-order valence-corrected chi connectivity index (χ0v) is 16.1. The fraction of sp³-hybridized carbons (Fsp3) is 0.647. The van der Waals surface area contributed by atoms with Crippen molar-refractivity contribution >= 4 is 22.2 Å². The lowest BCUT2D eigenvalue weighted by molar-refractivity contribution is 0.184. The highest BCUT2D eigenvalue weighted by atomic mass is 35.5. The van der Waals surface area contributed by atoms with Gasteiger partial charge >= 0.3 is 0 Å². The fourth-order valence-corrected chi connectivity index (χ4v) is 3.99. The maximum absolute atomic E-state index is 12.5. The van der Waals surface area contributed by atoms with Crippen LogP contribution in [0.4, 0.5) is 0 Å². The first-order valence-corrected chi connectivity index (χ1v) is 9.63. The lowest BCUT2D eigenvalue weighted by Gasteiger charge is -2.33. The lowest BCUT2D eigenvalue weighted by Crippen LogP contribution is -2.50. The molecule has 1 aliphatic heterocycles. The van der Waals surface area contributed by atoms with E-state index in [-0.39, 0.29) is 23.6 Å². The molecule has 132 valence electrons. The van der Waals surface area contributed by atoms with Crippen molar-refractivity contribution in [2.24, 2.45) is 0 Å². The third-order valence-electron chi connectivity index (χ3n) is 4.37. The molecule has 0 spiro atoms. The summed E-state index contributed by atoms with van der Waals surface area (Å²) < 4.78 is 25.0. The number of halogens is 1. The SMILES string of the molecule is C[C@@H]1CNCCN1CCS(=O)(=O)c1ccc(C(C)(C)C)cc1.Cl. The predicted octanol–water partition coefficient (Wildman–Crippen LogP) is 2.47. The summed E-state index contributed by atoms with van der Waals surface area (Å²) in [6.07, 6.45) is 0. The molecule has 0 bridgehead atoms. The van der Waals surface area contributed by atoms with E-state index in [1.54, 1.807) is 12.1 Å². The first-order chi connectivity index (χ1) is 10.2. The average Bonchev–Trinajstić information content (AvgIpc) is 2.46. The van der Waals surface area contributed by atoms with Gasteiger partial charge in [0.05, 0.1) is 10.6 Å². The zero-order valence-electron chi connectivity index (χ0n) is 14.5. The molecular weight excluding hydrogens is 332 g/mol. The molecule has 4 nitrogen and oxygen atoms in total. The number of piperazine rings is 1. The van der Waals surface area contributed by atoms with E-state index in [2.05, 4.69) is 37.9 Å². The van der Waals surface area contributed by atoms with Crippen LogP contribution < -0.4 is 5.32 Å². The first kappa shape index (κ1) is 20.4. The number of nitrogens with zero attached hydrogens (tertiary/aromatic N) is 1. The monoisotopic (exact) mass is 360 g/mol. The van der Waals surface area contributed by atoms with Gasteiger partial charge in [-0.15, -0.1) is 12.4 Å². The summed E-state index contributed by atoms with van der Waals surface area (Å²) >= 11 is 0. The van der Waals surface area contributed by atoms with Crippen molar-refractivity contribution in [1.29, 1.82) is 0 Å². The molecule has 1 heterocycles. The van der Waals surface area contributed by atoms with E-state index >= 15 is 0 Å². The molecule has 0 aromatic heterocycles. The van der Waals surface area contributed by atoms with Gasteiger partial charge in [0.1, 0.15) is 0 Å². The van der Waals surface area contributed by atoms with Gasteiger partial charge in [-0.3, -0.25) is 4.90 Å². The van der Waals surface area contributed by atoms with Gasteiger partial charge in [0, 0.05) is 32.2 Å². The molecule has 1 aromatic carbocycles. The molecule has 0 amide bonds. The maximum Gasteiger partial charge on any atom is 0.179 e. The number of rotatable bonds is 4. The van der Waals surface area contributed by atoms with Crippen molar-refractivity contribution in [3.05, 3.63) is 29.8 Å². The molecule has 1 fully saturated rings. The summed E-state index contributed by atoms with van der Waals surface area (Å²) in [5.74, 6) is 0.187. The molecule has 23 heavy (non-hydrogen) atoms. The second-order valence-corrected chi connectivity index (χ2v) is 9.29. The maximum atomic E-state index is 12.5. The topological polar surface area (TPSA) is 49.4 Å². The van der Waals surface area contributed by atoms with Crippen LogP contribution in [0.3, 0.4) is 0 Å². The largest absolute Gasteiger partial charge is 0.314 e. The lowest BCUT2D eigenvalue weighted by atomic mass is 9.87. The van der Waals surface area contributed by atoms with Crippen molar-refractivity contribution in [3.8, 4) is 0 Å². The first-order valence-electron chi connectivity index (χ1n) is 7.98. The molecule has 2 rings (SSSR count). The molecule has 1 N–H and O–H groups in total. The molecule has 1 saturated heterocycles. The third kappa shape index (κ3) is 5.45. The molecule has 1 aliphatic rings. The Morgan fingerprint density at radius 3 is 2.35 bits per heavy atom. The molecule has 0 radical (unpaired) electrons. The number of benzene rings is 1. The van der Waals surface area contributed by atoms with E-state index in [4.69, 9.17) is 0 Å². The van der Waals surface area contributed by atoms with Crippen molar-refractivity contribution < 1.29 is 8.42 Å². The highest BCUT2D eigenvalue weighted by Crippen LogP contribution is 2.23.